The maximum atomic E-state index is 11.9. The molecule has 0 radical (unpaired) electrons. The molecule has 0 spiro atoms. The topological polar surface area (TPSA) is 71.4 Å². The summed E-state index contributed by atoms with van der Waals surface area (Å²) >= 11 is 0. The molecule has 4 nitrogen and oxygen atoms in total. The van der Waals surface area contributed by atoms with Crippen LogP contribution in [0.1, 0.15) is 46.5 Å². The minimum atomic E-state index is -3.55. The van der Waals surface area contributed by atoms with Crippen molar-refractivity contribution in [1.29, 1.82) is 0 Å². The van der Waals surface area contributed by atoms with Crippen molar-refractivity contribution in [2.45, 2.75) is 51.2 Å². The molecule has 0 aliphatic rings. The van der Waals surface area contributed by atoms with Crippen LogP contribution in [0.15, 0.2) is 0 Å². The fraction of sp³-hybridized carbons (Fsp3) is 0.900. The summed E-state index contributed by atoms with van der Waals surface area (Å²) < 4.78 is 22.3. The molecule has 0 heterocycles. The Balaban J connectivity index is 5.16. The third kappa shape index (κ3) is 2.71. The quantitative estimate of drug-likeness (QED) is 0.732. The Morgan fingerprint density at radius 1 is 1.20 bits per heavy atom. The van der Waals surface area contributed by atoms with E-state index in [0.29, 0.717) is 6.42 Å². The van der Waals surface area contributed by atoms with Crippen molar-refractivity contribution < 1.29 is 18.3 Å². The van der Waals surface area contributed by atoms with Crippen LogP contribution in [0.4, 0.5) is 0 Å². The van der Waals surface area contributed by atoms with E-state index in [1.165, 1.54) is 0 Å². The van der Waals surface area contributed by atoms with Crippen molar-refractivity contribution in [2.24, 2.45) is 0 Å². The number of carbonyl (C=O) groups is 1. The monoisotopic (exact) mass is 236 g/mol. The number of hydrogen-bond donors (Lipinski definition) is 1. The van der Waals surface area contributed by atoms with Crippen LogP contribution < -0.4 is 0 Å². The predicted molar refractivity (Wildman–Crippen MR) is 59.6 cm³/mol. The molecule has 0 amide bonds. The van der Waals surface area contributed by atoms with Gasteiger partial charge in [0, 0.05) is 0 Å². The molecule has 0 aliphatic carbocycles. The first-order chi connectivity index (χ1) is 6.88. The molecular weight excluding hydrogens is 216 g/mol. The minimum absolute atomic E-state index is 0.0303. The van der Waals surface area contributed by atoms with Crippen LogP contribution in [0.2, 0.25) is 0 Å². The van der Waals surface area contributed by atoms with Gasteiger partial charge in [-0.3, -0.25) is 4.79 Å². The minimum Gasteiger partial charge on any atom is -0.480 e. The first kappa shape index (κ1) is 14.4. The van der Waals surface area contributed by atoms with Gasteiger partial charge >= 0.3 is 5.97 Å². The lowest BCUT2D eigenvalue weighted by Gasteiger charge is -2.26. The number of sulfone groups is 1. The van der Waals surface area contributed by atoms with E-state index >= 15 is 0 Å². The molecule has 0 aliphatic heterocycles. The smallest absolute Gasteiger partial charge is 0.325 e. The molecule has 0 aromatic heterocycles. The van der Waals surface area contributed by atoms with E-state index in [-0.39, 0.29) is 18.6 Å². The SMILES string of the molecule is CCCCS(=O)(=O)C(CC)(CC)C(=O)O. The van der Waals surface area contributed by atoms with Crippen LogP contribution in [0.3, 0.4) is 0 Å². The zero-order chi connectivity index (χ0) is 12.1. The highest BCUT2D eigenvalue weighted by Crippen LogP contribution is 2.27. The summed E-state index contributed by atoms with van der Waals surface area (Å²) in [6.07, 6.45) is 1.54. The van der Waals surface area contributed by atoms with E-state index in [9.17, 15) is 13.2 Å². The van der Waals surface area contributed by atoms with Crippen molar-refractivity contribution in [1.82, 2.24) is 0 Å². The average molecular weight is 236 g/mol. The van der Waals surface area contributed by atoms with Crippen molar-refractivity contribution in [2.75, 3.05) is 5.75 Å². The van der Waals surface area contributed by atoms with Gasteiger partial charge in [0.05, 0.1) is 5.75 Å². The van der Waals surface area contributed by atoms with Crippen LogP contribution in [0.5, 0.6) is 0 Å². The predicted octanol–water partition coefficient (Wildman–Crippen LogP) is 1.84. The Labute approximate surface area is 91.6 Å². The Hall–Kier alpha value is -0.580. The molecule has 0 bridgehead atoms. The molecule has 0 aromatic carbocycles. The molecule has 15 heavy (non-hydrogen) atoms. The van der Waals surface area contributed by atoms with Crippen LogP contribution in [-0.2, 0) is 14.6 Å². The summed E-state index contributed by atoms with van der Waals surface area (Å²) in [6.45, 7) is 5.11. The van der Waals surface area contributed by atoms with Crippen LogP contribution in [-0.4, -0.2) is 30.0 Å². The Bertz CT molecular complexity index is 301. The second-order valence-electron chi connectivity index (χ2n) is 3.68. The largest absolute Gasteiger partial charge is 0.480 e. The second-order valence-corrected chi connectivity index (χ2v) is 6.10. The van der Waals surface area contributed by atoms with E-state index in [0.717, 1.165) is 6.42 Å². The van der Waals surface area contributed by atoms with Gasteiger partial charge in [0.2, 0.25) is 0 Å². The molecule has 1 N–H and O–H groups in total. The van der Waals surface area contributed by atoms with Gasteiger partial charge in [-0.25, -0.2) is 8.42 Å². The number of rotatable bonds is 7. The summed E-state index contributed by atoms with van der Waals surface area (Å²) in [4.78, 5) is 11.1. The first-order valence-electron chi connectivity index (χ1n) is 5.33. The Morgan fingerprint density at radius 3 is 1.93 bits per heavy atom. The number of unbranched alkanes of at least 4 members (excludes halogenated alkanes) is 1. The highest BCUT2D eigenvalue weighted by Gasteiger charge is 2.47. The number of carboxylic acid groups (broad SMARTS) is 1. The van der Waals surface area contributed by atoms with Crippen LogP contribution >= 0.6 is 0 Å². The van der Waals surface area contributed by atoms with E-state index < -0.39 is 20.6 Å². The van der Waals surface area contributed by atoms with Crippen LogP contribution in [0.25, 0.3) is 0 Å². The molecule has 0 atom stereocenters. The lowest BCUT2D eigenvalue weighted by Crippen LogP contribution is -2.46. The summed E-state index contributed by atoms with van der Waals surface area (Å²) in [5, 5.41) is 9.08. The van der Waals surface area contributed by atoms with Gasteiger partial charge in [-0.15, -0.1) is 0 Å². The van der Waals surface area contributed by atoms with Crippen molar-refractivity contribution in [3.63, 3.8) is 0 Å². The summed E-state index contributed by atoms with van der Waals surface area (Å²) in [7, 11) is -3.55. The first-order valence-corrected chi connectivity index (χ1v) is 6.98. The molecule has 5 heteroatoms. The van der Waals surface area contributed by atoms with Crippen molar-refractivity contribution >= 4 is 15.8 Å². The maximum absolute atomic E-state index is 11.9. The Kier molecular flexibility index (Phi) is 5.28. The standard InChI is InChI=1S/C10H20O4S/c1-4-7-8-15(13,14)10(5-2,6-3)9(11)12/h4-8H2,1-3H3,(H,11,12). The van der Waals surface area contributed by atoms with Gasteiger partial charge in [0.25, 0.3) is 0 Å². The molecule has 0 fully saturated rings. The lowest BCUT2D eigenvalue weighted by atomic mass is 10.0. The van der Waals surface area contributed by atoms with Crippen LogP contribution in [0, 0.1) is 0 Å². The zero-order valence-electron chi connectivity index (χ0n) is 9.62. The van der Waals surface area contributed by atoms with Gasteiger partial charge in [-0.2, -0.15) is 0 Å². The van der Waals surface area contributed by atoms with E-state index in [4.69, 9.17) is 5.11 Å². The van der Waals surface area contributed by atoms with E-state index in [2.05, 4.69) is 0 Å². The average Bonchev–Trinajstić information content (AvgIpc) is 2.16. The zero-order valence-corrected chi connectivity index (χ0v) is 10.4. The lowest BCUT2D eigenvalue weighted by molar-refractivity contribution is -0.140. The van der Waals surface area contributed by atoms with Gasteiger partial charge < -0.3 is 5.11 Å². The summed E-state index contributed by atoms with van der Waals surface area (Å²) in [5.41, 5.74) is 0. The Morgan fingerprint density at radius 2 is 1.67 bits per heavy atom. The van der Waals surface area contributed by atoms with Gasteiger partial charge in [0.1, 0.15) is 0 Å². The normalized spacial score (nSPS) is 12.7. The number of hydrogen-bond acceptors (Lipinski definition) is 3. The maximum Gasteiger partial charge on any atom is 0.325 e. The molecule has 0 aromatic rings. The third-order valence-electron chi connectivity index (χ3n) is 2.89. The highest BCUT2D eigenvalue weighted by molar-refractivity contribution is 7.93. The fourth-order valence-corrected chi connectivity index (χ4v) is 3.86. The van der Waals surface area contributed by atoms with Crippen molar-refractivity contribution in [3.8, 4) is 0 Å². The third-order valence-corrected chi connectivity index (χ3v) is 5.66. The second kappa shape index (κ2) is 5.49. The molecule has 0 unspecified atom stereocenters. The van der Waals surface area contributed by atoms with Gasteiger partial charge in [0.15, 0.2) is 14.6 Å². The molecule has 90 valence electrons. The molecule has 0 rings (SSSR count). The van der Waals surface area contributed by atoms with Crippen molar-refractivity contribution in [3.05, 3.63) is 0 Å². The van der Waals surface area contributed by atoms with Gasteiger partial charge in [-0.1, -0.05) is 27.2 Å². The summed E-state index contributed by atoms with van der Waals surface area (Å²) in [5.74, 6) is -1.25. The number of aliphatic carboxylic acids is 1. The van der Waals surface area contributed by atoms with Gasteiger partial charge in [-0.05, 0) is 19.3 Å². The fourth-order valence-electron chi connectivity index (χ4n) is 1.66. The van der Waals surface area contributed by atoms with E-state index in [1.807, 2.05) is 6.92 Å². The van der Waals surface area contributed by atoms with E-state index in [1.54, 1.807) is 13.8 Å². The molecule has 0 saturated carbocycles. The summed E-state index contributed by atoms with van der Waals surface area (Å²) in [6, 6.07) is 0. The number of carboxylic acids is 1. The molecule has 0 saturated heterocycles. The molecular formula is C10H20O4S. The highest BCUT2D eigenvalue weighted by atomic mass is 32.2.